The molecule has 0 radical (unpaired) electrons. The minimum Gasteiger partial charge on any atom is -0.345 e. The van der Waals surface area contributed by atoms with Gasteiger partial charge in [-0.3, -0.25) is 4.79 Å². The topological polar surface area (TPSA) is 58.1 Å². The Balaban J connectivity index is 1.78. The van der Waals surface area contributed by atoms with E-state index in [0.717, 1.165) is 16.9 Å². The number of nitrogens with one attached hydrogen (secondary N) is 1. The van der Waals surface area contributed by atoms with Crippen molar-refractivity contribution in [2.45, 2.75) is 0 Å². The van der Waals surface area contributed by atoms with Gasteiger partial charge in [0, 0.05) is 42.1 Å². The first kappa shape index (κ1) is 16.9. The van der Waals surface area contributed by atoms with Gasteiger partial charge < -0.3 is 10.2 Å². The lowest BCUT2D eigenvalue weighted by atomic mass is 10.1. The highest BCUT2D eigenvalue weighted by atomic mass is 35.5. The number of nitrogens with zero attached hydrogens (tertiary/aromatic N) is 3. The monoisotopic (exact) mass is 352 g/mol. The van der Waals surface area contributed by atoms with Crippen LogP contribution in [0.25, 0.3) is 11.3 Å². The quantitative estimate of drug-likeness (QED) is 0.762. The summed E-state index contributed by atoms with van der Waals surface area (Å²) in [7, 11) is 3.45. The highest BCUT2D eigenvalue weighted by molar-refractivity contribution is 6.30. The fraction of sp³-hybridized carbons (Fsp3) is 0.105. The zero-order chi connectivity index (χ0) is 17.8. The number of amides is 1. The van der Waals surface area contributed by atoms with E-state index < -0.39 is 0 Å². The second-order valence-corrected chi connectivity index (χ2v) is 6.11. The summed E-state index contributed by atoms with van der Waals surface area (Å²) in [5.41, 5.74) is 3.20. The molecule has 3 rings (SSSR count). The fourth-order valence-electron chi connectivity index (χ4n) is 2.28. The molecule has 0 unspecified atom stereocenters. The highest BCUT2D eigenvalue weighted by Crippen LogP contribution is 2.21. The van der Waals surface area contributed by atoms with Crippen LogP contribution in [-0.4, -0.2) is 34.9 Å². The smallest absolute Gasteiger partial charge is 0.253 e. The molecule has 25 heavy (non-hydrogen) atoms. The van der Waals surface area contributed by atoms with Crippen molar-refractivity contribution in [3.8, 4) is 11.3 Å². The molecule has 126 valence electrons. The molecule has 6 heteroatoms. The molecule has 1 aromatic heterocycles. The Morgan fingerprint density at radius 3 is 2.32 bits per heavy atom. The van der Waals surface area contributed by atoms with Crippen molar-refractivity contribution in [2.75, 3.05) is 19.4 Å². The second kappa shape index (κ2) is 7.32. The maximum absolute atomic E-state index is 11.9. The van der Waals surface area contributed by atoms with Gasteiger partial charge in [-0.15, -0.1) is 0 Å². The summed E-state index contributed by atoms with van der Waals surface area (Å²) in [5.74, 6) is 0.451. The van der Waals surface area contributed by atoms with E-state index in [0.29, 0.717) is 16.5 Å². The molecule has 2 aromatic carbocycles. The summed E-state index contributed by atoms with van der Waals surface area (Å²) in [6, 6.07) is 16.5. The van der Waals surface area contributed by atoms with Crippen molar-refractivity contribution in [2.24, 2.45) is 0 Å². The maximum Gasteiger partial charge on any atom is 0.253 e. The molecule has 1 heterocycles. The minimum atomic E-state index is -0.0347. The van der Waals surface area contributed by atoms with Crippen LogP contribution in [0.15, 0.2) is 60.8 Å². The Kier molecular flexibility index (Phi) is 4.95. The maximum atomic E-state index is 11.9. The Morgan fingerprint density at radius 2 is 1.68 bits per heavy atom. The first-order chi connectivity index (χ1) is 12.0. The second-order valence-electron chi connectivity index (χ2n) is 5.67. The van der Waals surface area contributed by atoms with Crippen molar-refractivity contribution in [3.63, 3.8) is 0 Å². The van der Waals surface area contributed by atoms with E-state index in [9.17, 15) is 4.79 Å². The van der Waals surface area contributed by atoms with E-state index in [1.807, 2.05) is 42.5 Å². The van der Waals surface area contributed by atoms with Crippen LogP contribution in [0.3, 0.4) is 0 Å². The first-order valence-corrected chi connectivity index (χ1v) is 8.08. The van der Waals surface area contributed by atoms with Crippen LogP contribution in [0.2, 0.25) is 5.02 Å². The van der Waals surface area contributed by atoms with Gasteiger partial charge in [-0.05, 0) is 42.5 Å². The number of hydrogen-bond donors (Lipinski definition) is 1. The van der Waals surface area contributed by atoms with Crippen molar-refractivity contribution in [1.29, 1.82) is 0 Å². The molecule has 0 aliphatic heterocycles. The zero-order valence-corrected chi connectivity index (χ0v) is 14.7. The molecule has 0 atom stereocenters. The van der Waals surface area contributed by atoms with E-state index in [4.69, 9.17) is 11.6 Å². The largest absolute Gasteiger partial charge is 0.345 e. The lowest BCUT2D eigenvalue weighted by Crippen LogP contribution is -2.21. The first-order valence-electron chi connectivity index (χ1n) is 7.70. The predicted molar refractivity (Wildman–Crippen MR) is 100 cm³/mol. The summed E-state index contributed by atoms with van der Waals surface area (Å²) in [6.07, 6.45) is 1.70. The average molecular weight is 353 g/mol. The van der Waals surface area contributed by atoms with Gasteiger partial charge in [0.05, 0.1) is 5.69 Å². The molecule has 0 fully saturated rings. The third-order valence-corrected chi connectivity index (χ3v) is 3.84. The van der Waals surface area contributed by atoms with Crippen LogP contribution < -0.4 is 5.32 Å². The van der Waals surface area contributed by atoms with Gasteiger partial charge >= 0.3 is 0 Å². The number of carbonyl (C=O) groups is 1. The molecule has 5 nitrogen and oxygen atoms in total. The number of rotatable bonds is 4. The normalized spacial score (nSPS) is 10.4. The third-order valence-electron chi connectivity index (χ3n) is 3.59. The van der Waals surface area contributed by atoms with Gasteiger partial charge in [-0.1, -0.05) is 23.7 Å². The van der Waals surface area contributed by atoms with Gasteiger partial charge in [0.1, 0.15) is 0 Å². The number of carbonyl (C=O) groups excluding carboxylic acids is 1. The SMILES string of the molecule is CN(C)C(=O)c1ccc(Nc2nccc(-c3ccc(Cl)cc3)n2)cc1. The molecule has 0 saturated carbocycles. The van der Waals surface area contributed by atoms with Crippen molar-refractivity contribution in [3.05, 3.63) is 71.4 Å². The molecule has 1 amide bonds. The Morgan fingerprint density at radius 1 is 1.00 bits per heavy atom. The molecular weight excluding hydrogens is 336 g/mol. The van der Waals surface area contributed by atoms with Gasteiger partial charge in [0.2, 0.25) is 5.95 Å². The molecule has 0 aliphatic carbocycles. The number of anilines is 2. The molecule has 1 N–H and O–H groups in total. The van der Waals surface area contributed by atoms with E-state index in [1.165, 1.54) is 0 Å². The summed E-state index contributed by atoms with van der Waals surface area (Å²) in [4.78, 5) is 22.2. The van der Waals surface area contributed by atoms with E-state index in [2.05, 4.69) is 15.3 Å². The van der Waals surface area contributed by atoms with Crippen LogP contribution in [0, 0.1) is 0 Å². The van der Waals surface area contributed by atoms with Crippen molar-refractivity contribution < 1.29 is 4.79 Å². The molecule has 0 saturated heterocycles. The zero-order valence-electron chi connectivity index (χ0n) is 13.9. The summed E-state index contributed by atoms with van der Waals surface area (Å²) >= 11 is 5.92. The Hall–Kier alpha value is -2.92. The predicted octanol–water partition coefficient (Wildman–Crippen LogP) is 4.24. The highest BCUT2D eigenvalue weighted by Gasteiger charge is 2.08. The molecule has 0 aliphatic rings. The Bertz CT molecular complexity index is 877. The standard InChI is InChI=1S/C19H17ClN4O/c1-24(2)18(25)14-5-9-16(10-6-14)22-19-21-12-11-17(23-19)13-3-7-15(20)8-4-13/h3-12H,1-2H3,(H,21,22,23). The average Bonchev–Trinajstić information content (AvgIpc) is 2.62. The number of benzene rings is 2. The van der Waals surface area contributed by atoms with Gasteiger partial charge in [-0.25, -0.2) is 9.97 Å². The fourth-order valence-corrected chi connectivity index (χ4v) is 2.41. The van der Waals surface area contributed by atoms with Gasteiger partial charge in [-0.2, -0.15) is 0 Å². The lowest BCUT2D eigenvalue weighted by molar-refractivity contribution is 0.0827. The molecule has 3 aromatic rings. The lowest BCUT2D eigenvalue weighted by Gasteiger charge is -2.11. The van der Waals surface area contributed by atoms with Crippen molar-refractivity contribution >= 4 is 29.1 Å². The number of hydrogen-bond acceptors (Lipinski definition) is 4. The van der Waals surface area contributed by atoms with Gasteiger partial charge in [0.25, 0.3) is 5.91 Å². The van der Waals surface area contributed by atoms with E-state index >= 15 is 0 Å². The van der Waals surface area contributed by atoms with Crippen LogP contribution in [-0.2, 0) is 0 Å². The number of halogens is 1. The van der Waals surface area contributed by atoms with Crippen LogP contribution in [0.1, 0.15) is 10.4 Å². The van der Waals surface area contributed by atoms with Crippen molar-refractivity contribution in [1.82, 2.24) is 14.9 Å². The Labute approximate surface area is 151 Å². The van der Waals surface area contributed by atoms with E-state index in [1.54, 1.807) is 37.3 Å². The van der Waals surface area contributed by atoms with E-state index in [-0.39, 0.29) is 5.91 Å². The summed E-state index contributed by atoms with van der Waals surface area (Å²) < 4.78 is 0. The summed E-state index contributed by atoms with van der Waals surface area (Å²) in [5, 5.41) is 3.83. The van der Waals surface area contributed by atoms with Crippen LogP contribution in [0.4, 0.5) is 11.6 Å². The molecule has 0 bridgehead atoms. The number of aromatic nitrogens is 2. The summed E-state index contributed by atoms with van der Waals surface area (Å²) in [6.45, 7) is 0. The third kappa shape index (κ3) is 4.14. The van der Waals surface area contributed by atoms with Crippen LogP contribution >= 0.6 is 11.6 Å². The van der Waals surface area contributed by atoms with Gasteiger partial charge in [0.15, 0.2) is 0 Å². The minimum absolute atomic E-state index is 0.0347. The molecular formula is C19H17ClN4O. The molecule has 0 spiro atoms. The van der Waals surface area contributed by atoms with Crippen LogP contribution in [0.5, 0.6) is 0 Å².